The Kier molecular flexibility index (Phi) is 6.96. The normalized spacial score (nSPS) is 14.1. The monoisotopic (exact) mass is 429 g/mol. The van der Waals surface area contributed by atoms with E-state index in [1.807, 2.05) is 44.3 Å². The van der Waals surface area contributed by atoms with Crippen molar-refractivity contribution in [1.82, 2.24) is 9.88 Å². The fourth-order valence-electron chi connectivity index (χ4n) is 4.38. The number of carbonyl (C=O) groups is 2. The largest absolute Gasteiger partial charge is 0.322 e. The van der Waals surface area contributed by atoms with Crippen molar-refractivity contribution in [3.63, 3.8) is 0 Å². The van der Waals surface area contributed by atoms with E-state index in [4.69, 9.17) is 4.98 Å². The van der Waals surface area contributed by atoms with E-state index in [2.05, 4.69) is 16.3 Å². The number of likely N-dealkylation sites (tertiary alicyclic amines) is 1. The standard InChI is InChI=1S/C27H31N3O2/c1-3-6-24(31)16-20-7-9-22(10-8-20)27(32)29-25-12-11-23-15-21(17-28-26(23)19(25)2)18-30-13-4-5-14-30/h7-12,15,17H,3-6,13-14,16,18H2,1-2H3,(H,29,32). The average molecular weight is 430 g/mol. The number of nitrogens with one attached hydrogen (secondary N) is 1. The highest BCUT2D eigenvalue weighted by molar-refractivity contribution is 6.06. The molecule has 1 saturated heterocycles. The second kappa shape index (κ2) is 10.0. The fourth-order valence-corrected chi connectivity index (χ4v) is 4.38. The maximum absolute atomic E-state index is 12.8. The summed E-state index contributed by atoms with van der Waals surface area (Å²) < 4.78 is 0. The SMILES string of the molecule is CCCC(=O)Cc1ccc(C(=O)Nc2ccc3cc(CN4CCCC4)cnc3c2C)cc1. The number of carbonyl (C=O) groups excluding carboxylic acids is 2. The van der Waals surface area contributed by atoms with E-state index in [1.165, 1.54) is 18.4 Å². The van der Waals surface area contributed by atoms with Gasteiger partial charge in [0.2, 0.25) is 0 Å². The Morgan fingerprint density at radius 1 is 1.03 bits per heavy atom. The van der Waals surface area contributed by atoms with Gasteiger partial charge in [-0.15, -0.1) is 0 Å². The molecule has 1 aliphatic rings. The number of Topliss-reactive ketones (excluding diaryl/α,β-unsaturated/α-hetero) is 1. The summed E-state index contributed by atoms with van der Waals surface area (Å²) in [4.78, 5) is 31.8. The second-order valence-corrected chi connectivity index (χ2v) is 8.75. The highest BCUT2D eigenvalue weighted by atomic mass is 16.1. The number of benzene rings is 2. The van der Waals surface area contributed by atoms with E-state index in [-0.39, 0.29) is 11.7 Å². The number of hydrogen-bond donors (Lipinski definition) is 1. The van der Waals surface area contributed by atoms with Crippen LogP contribution >= 0.6 is 0 Å². The number of hydrogen-bond acceptors (Lipinski definition) is 4. The summed E-state index contributed by atoms with van der Waals surface area (Å²) >= 11 is 0. The van der Waals surface area contributed by atoms with Crippen molar-refractivity contribution in [3.05, 3.63) is 70.9 Å². The molecular formula is C27H31N3O2. The molecule has 0 aliphatic carbocycles. The molecule has 0 saturated carbocycles. The van der Waals surface area contributed by atoms with Gasteiger partial charge < -0.3 is 5.32 Å². The molecule has 0 unspecified atom stereocenters. The van der Waals surface area contributed by atoms with Crippen LogP contribution in [0.5, 0.6) is 0 Å². The molecule has 166 valence electrons. The predicted octanol–water partition coefficient (Wildman–Crippen LogP) is 5.30. The molecule has 2 aromatic carbocycles. The van der Waals surface area contributed by atoms with Crippen LogP contribution in [0.4, 0.5) is 5.69 Å². The van der Waals surface area contributed by atoms with Gasteiger partial charge in [-0.05, 0) is 80.2 Å². The summed E-state index contributed by atoms with van der Waals surface area (Å²) in [6.07, 6.45) is 6.39. The minimum absolute atomic E-state index is 0.162. The maximum Gasteiger partial charge on any atom is 0.255 e. The second-order valence-electron chi connectivity index (χ2n) is 8.75. The number of fused-ring (bicyclic) bond motifs is 1. The number of amides is 1. The zero-order valence-corrected chi connectivity index (χ0v) is 19.0. The van der Waals surface area contributed by atoms with Crippen LogP contribution < -0.4 is 5.32 Å². The summed E-state index contributed by atoms with van der Waals surface area (Å²) in [7, 11) is 0. The number of pyridine rings is 1. The van der Waals surface area contributed by atoms with Crippen molar-refractivity contribution in [3.8, 4) is 0 Å². The number of rotatable bonds is 8. The van der Waals surface area contributed by atoms with Crippen molar-refractivity contribution in [2.24, 2.45) is 0 Å². The third-order valence-electron chi connectivity index (χ3n) is 6.16. The van der Waals surface area contributed by atoms with Gasteiger partial charge in [0.25, 0.3) is 5.91 Å². The number of anilines is 1. The Morgan fingerprint density at radius 3 is 2.50 bits per heavy atom. The van der Waals surface area contributed by atoms with Crippen LogP contribution in [0.15, 0.2) is 48.7 Å². The van der Waals surface area contributed by atoms with Crippen LogP contribution in [0.1, 0.15) is 59.7 Å². The Labute approximate surface area is 189 Å². The van der Waals surface area contributed by atoms with Gasteiger partial charge in [0.05, 0.1) is 5.52 Å². The lowest BCUT2D eigenvalue weighted by Crippen LogP contribution is -2.18. The predicted molar refractivity (Wildman–Crippen MR) is 129 cm³/mol. The van der Waals surface area contributed by atoms with Crippen molar-refractivity contribution in [2.45, 2.75) is 52.5 Å². The third kappa shape index (κ3) is 5.22. The molecule has 1 amide bonds. The number of ketones is 1. The van der Waals surface area contributed by atoms with Crippen LogP contribution in [0.3, 0.4) is 0 Å². The number of nitrogens with zero attached hydrogens (tertiary/aromatic N) is 2. The number of aromatic nitrogens is 1. The van der Waals surface area contributed by atoms with Gasteiger partial charge in [0.15, 0.2) is 0 Å². The Morgan fingerprint density at radius 2 is 1.78 bits per heavy atom. The zero-order chi connectivity index (χ0) is 22.5. The molecule has 0 bridgehead atoms. The topological polar surface area (TPSA) is 62.3 Å². The lowest BCUT2D eigenvalue weighted by atomic mass is 10.0. The molecule has 1 N–H and O–H groups in total. The molecule has 3 aromatic rings. The maximum atomic E-state index is 12.8. The zero-order valence-electron chi connectivity index (χ0n) is 19.0. The first-order chi connectivity index (χ1) is 15.5. The highest BCUT2D eigenvalue weighted by Gasteiger charge is 2.14. The molecule has 4 rings (SSSR count). The molecule has 2 heterocycles. The quantitative estimate of drug-likeness (QED) is 0.528. The molecule has 32 heavy (non-hydrogen) atoms. The first-order valence-corrected chi connectivity index (χ1v) is 11.6. The molecular weight excluding hydrogens is 398 g/mol. The summed E-state index contributed by atoms with van der Waals surface area (Å²) in [6.45, 7) is 7.27. The van der Waals surface area contributed by atoms with Gasteiger partial charge in [0.1, 0.15) is 5.78 Å². The van der Waals surface area contributed by atoms with Gasteiger partial charge in [-0.2, -0.15) is 0 Å². The Hall–Kier alpha value is -3.05. The molecule has 0 atom stereocenters. The summed E-state index contributed by atoms with van der Waals surface area (Å²) in [5, 5.41) is 4.11. The highest BCUT2D eigenvalue weighted by Crippen LogP contribution is 2.26. The Bertz CT molecular complexity index is 1120. The van der Waals surface area contributed by atoms with Crippen LogP contribution in [-0.2, 0) is 17.8 Å². The van der Waals surface area contributed by atoms with E-state index in [0.717, 1.165) is 53.8 Å². The van der Waals surface area contributed by atoms with Gasteiger partial charge in [-0.1, -0.05) is 25.1 Å². The van der Waals surface area contributed by atoms with Gasteiger partial charge in [-0.3, -0.25) is 19.5 Å². The smallest absolute Gasteiger partial charge is 0.255 e. The van der Waals surface area contributed by atoms with Crippen LogP contribution in [0, 0.1) is 6.92 Å². The van der Waals surface area contributed by atoms with E-state index in [9.17, 15) is 9.59 Å². The molecule has 5 heteroatoms. The van der Waals surface area contributed by atoms with Gasteiger partial charge in [-0.25, -0.2) is 0 Å². The lowest BCUT2D eigenvalue weighted by Gasteiger charge is -2.15. The molecule has 0 radical (unpaired) electrons. The van der Waals surface area contributed by atoms with Crippen molar-refractivity contribution < 1.29 is 9.59 Å². The van der Waals surface area contributed by atoms with Gasteiger partial charge >= 0.3 is 0 Å². The molecule has 1 aliphatic heterocycles. The third-order valence-corrected chi connectivity index (χ3v) is 6.16. The van der Waals surface area contributed by atoms with Crippen LogP contribution in [0.2, 0.25) is 0 Å². The van der Waals surface area contributed by atoms with E-state index in [1.54, 1.807) is 12.1 Å². The first-order valence-electron chi connectivity index (χ1n) is 11.6. The van der Waals surface area contributed by atoms with Crippen molar-refractivity contribution in [2.75, 3.05) is 18.4 Å². The molecule has 5 nitrogen and oxygen atoms in total. The minimum atomic E-state index is -0.162. The first kappa shape index (κ1) is 22.2. The number of aryl methyl sites for hydroxylation is 1. The molecule has 1 aromatic heterocycles. The van der Waals surface area contributed by atoms with Crippen LogP contribution in [-0.4, -0.2) is 34.7 Å². The van der Waals surface area contributed by atoms with Crippen molar-refractivity contribution >= 4 is 28.3 Å². The van der Waals surface area contributed by atoms with E-state index >= 15 is 0 Å². The molecule has 0 spiro atoms. The van der Waals surface area contributed by atoms with Crippen LogP contribution in [0.25, 0.3) is 10.9 Å². The molecule has 1 fully saturated rings. The minimum Gasteiger partial charge on any atom is -0.322 e. The summed E-state index contributed by atoms with van der Waals surface area (Å²) in [6, 6.07) is 13.5. The summed E-state index contributed by atoms with van der Waals surface area (Å²) in [5.74, 6) is 0.0668. The van der Waals surface area contributed by atoms with E-state index in [0.29, 0.717) is 18.4 Å². The lowest BCUT2D eigenvalue weighted by molar-refractivity contribution is -0.118. The van der Waals surface area contributed by atoms with Gasteiger partial charge in [0, 0.05) is 42.2 Å². The average Bonchev–Trinajstić information content (AvgIpc) is 3.29. The Balaban J connectivity index is 1.45. The summed E-state index contributed by atoms with van der Waals surface area (Å²) in [5.41, 5.74) is 5.39. The fraction of sp³-hybridized carbons (Fsp3) is 0.370. The van der Waals surface area contributed by atoms with Crippen molar-refractivity contribution in [1.29, 1.82) is 0 Å². The van der Waals surface area contributed by atoms with E-state index < -0.39 is 0 Å².